The molecule has 0 aromatic carbocycles. The molecule has 0 aromatic heterocycles. The number of carbonyl (C=O) groups excluding carboxylic acids is 1. The second kappa shape index (κ2) is 6.80. The zero-order valence-electron chi connectivity index (χ0n) is 11.5. The molecule has 0 atom stereocenters. The van der Waals surface area contributed by atoms with Crippen LogP contribution >= 0.6 is 0 Å². The largest absolute Gasteiger partial charge is 0.331 e. The van der Waals surface area contributed by atoms with Gasteiger partial charge in [-0.2, -0.15) is 13.1 Å². The number of isocyanates is 1. The van der Waals surface area contributed by atoms with Gasteiger partial charge in [0, 0.05) is 0 Å². The van der Waals surface area contributed by atoms with E-state index < -0.39 is 24.9 Å². The van der Waals surface area contributed by atoms with Gasteiger partial charge < -0.3 is 0 Å². The van der Waals surface area contributed by atoms with Gasteiger partial charge in [-0.15, -0.1) is 0 Å². The Kier molecular flexibility index (Phi) is 5.88. The molecule has 7 nitrogen and oxygen atoms in total. The first-order valence-electron chi connectivity index (χ1n) is 6.64. The monoisotopic (exact) mass is 324 g/mol. The molecule has 1 aliphatic rings. The molecule has 9 heteroatoms. The fraction of sp³-hybridized carbons (Fsp3) is 0.909. The number of sulfone groups is 1. The fourth-order valence-electron chi connectivity index (χ4n) is 2.44. The van der Waals surface area contributed by atoms with Crippen molar-refractivity contribution in [3.05, 3.63) is 0 Å². The number of hydrogen-bond acceptors (Lipinski definition) is 5. The second-order valence-electron chi connectivity index (χ2n) is 4.99. The molecule has 1 N–H and O–H groups in total. The molecular formula is C11H20N2O5S2. The molecule has 0 aromatic rings. The maximum Gasteiger partial charge on any atom is 0.331 e. The van der Waals surface area contributed by atoms with Crippen LogP contribution in [-0.4, -0.2) is 33.5 Å². The van der Waals surface area contributed by atoms with Crippen molar-refractivity contribution in [2.24, 2.45) is 4.40 Å². The van der Waals surface area contributed by atoms with Crippen LogP contribution in [0.5, 0.6) is 0 Å². The summed E-state index contributed by atoms with van der Waals surface area (Å²) < 4.78 is 53.0. The highest BCUT2D eigenvalue weighted by atomic mass is 32.2. The average Bonchev–Trinajstić information content (AvgIpc) is 2.36. The summed E-state index contributed by atoms with van der Waals surface area (Å²) in [5.74, 6) is -0.0726. The van der Waals surface area contributed by atoms with Gasteiger partial charge in [-0.3, -0.25) is 0 Å². The van der Waals surface area contributed by atoms with E-state index in [1.807, 2.05) is 6.92 Å². The third-order valence-corrected chi connectivity index (χ3v) is 7.12. The standard InChI is InChI=1S/C11H20N2O5S2/c1-2-3-9-19(15,16)11(7-5-4-6-8-11)13-20(17,18)12-10-14/h13H,2-9H2,1H3. The van der Waals surface area contributed by atoms with Crippen molar-refractivity contribution in [2.45, 2.75) is 56.7 Å². The summed E-state index contributed by atoms with van der Waals surface area (Å²) in [6.45, 7) is 1.86. The summed E-state index contributed by atoms with van der Waals surface area (Å²) in [6, 6.07) is 0. The number of nitrogens with one attached hydrogen (secondary N) is 1. The van der Waals surface area contributed by atoms with E-state index in [0.29, 0.717) is 25.7 Å². The Morgan fingerprint density at radius 2 is 1.75 bits per heavy atom. The third-order valence-electron chi connectivity index (χ3n) is 3.50. The lowest BCUT2D eigenvalue weighted by atomic mass is 9.95. The first-order chi connectivity index (χ1) is 9.29. The molecule has 0 bridgehead atoms. The van der Waals surface area contributed by atoms with Crippen LogP contribution < -0.4 is 4.72 Å². The number of unbranched alkanes of at least 4 members (excludes halogenated alkanes) is 1. The van der Waals surface area contributed by atoms with Crippen LogP contribution in [0.15, 0.2) is 4.40 Å². The highest BCUT2D eigenvalue weighted by molar-refractivity contribution is 7.94. The zero-order valence-corrected chi connectivity index (χ0v) is 13.1. The lowest BCUT2D eigenvalue weighted by molar-refractivity contribution is 0.353. The Hall–Kier alpha value is -0.760. The Morgan fingerprint density at radius 3 is 2.25 bits per heavy atom. The molecule has 0 radical (unpaired) electrons. The molecule has 20 heavy (non-hydrogen) atoms. The van der Waals surface area contributed by atoms with Crippen molar-refractivity contribution < 1.29 is 21.6 Å². The molecule has 1 fully saturated rings. The average molecular weight is 324 g/mol. The van der Waals surface area contributed by atoms with E-state index >= 15 is 0 Å². The van der Waals surface area contributed by atoms with Crippen molar-refractivity contribution in [2.75, 3.05) is 5.75 Å². The van der Waals surface area contributed by atoms with Crippen LogP contribution in [-0.2, 0) is 24.8 Å². The van der Waals surface area contributed by atoms with Crippen LogP contribution in [0.4, 0.5) is 0 Å². The fourth-order valence-corrected chi connectivity index (χ4v) is 6.05. The minimum absolute atomic E-state index is 0.0726. The predicted molar refractivity (Wildman–Crippen MR) is 74.7 cm³/mol. The molecule has 0 amide bonds. The third kappa shape index (κ3) is 4.12. The van der Waals surface area contributed by atoms with E-state index in [1.165, 1.54) is 0 Å². The second-order valence-corrected chi connectivity index (χ2v) is 8.74. The van der Waals surface area contributed by atoms with E-state index in [2.05, 4.69) is 9.12 Å². The van der Waals surface area contributed by atoms with Crippen molar-refractivity contribution in [1.29, 1.82) is 0 Å². The van der Waals surface area contributed by atoms with Crippen molar-refractivity contribution in [3.8, 4) is 0 Å². The lowest BCUT2D eigenvalue weighted by Gasteiger charge is -2.36. The van der Waals surface area contributed by atoms with E-state index in [-0.39, 0.29) is 18.6 Å². The van der Waals surface area contributed by atoms with E-state index in [9.17, 15) is 21.6 Å². The zero-order chi connectivity index (χ0) is 15.3. The molecule has 0 spiro atoms. The Labute approximate surface area is 120 Å². The Morgan fingerprint density at radius 1 is 1.15 bits per heavy atom. The van der Waals surface area contributed by atoms with Crippen LogP contribution in [0.3, 0.4) is 0 Å². The van der Waals surface area contributed by atoms with Crippen LogP contribution in [0, 0.1) is 0 Å². The van der Waals surface area contributed by atoms with Gasteiger partial charge in [0.1, 0.15) is 4.87 Å². The minimum atomic E-state index is -4.33. The minimum Gasteiger partial charge on any atom is -0.227 e. The summed E-state index contributed by atoms with van der Waals surface area (Å²) in [6.07, 6.45) is 4.66. The first-order valence-corrected chi connectivity index (χ1v) is 9.73. The quantitative estimate of drug-likeness (QED) is 0.555. The summed E-state index contributed by atoms with van der Waals surface area (Å²) in [4.78, 5) is 8.60. The van der Waals surface area contributed by atoms with Gasteiger partial charge in [0.2, 0.25) is 0 Å². The molecule has 1 saturated carbocycles. The molecule has 0 aliphatic heterocycles. The smallest absolute Gasteiger partial charge is 0.227 e. The van der Waals surface area contributed by atoms with E-state index in [0.717, 1.165) is 12.5 Å². The highest BCUT2D eigenvalue weighted by Gasteiger charge is 2.46. The van der Waals surface area contributed by atoms with Crippen LogP contribution in [0.1, 0.15) is 51.9 Å². The highest BCUT2D eigenvalue weighted by Crippen LogP contribution is 2.34. The molecule has 0 unspecified atom stereocenters. The maximum atomic E-state index is 12.5. The normalized spacial score (nSPS) is 19.2. The summed E-state index contributed by atoms with van der Waals surface area (Å²) in [5, 5.41) is 0. The van der Waals surface area contributed by atoms with Crippen LogP contribution in [0.2, 0.25) is 0 Å². The summed E-state index contributed by atoms with van der Waals surface area (Å²) in [7, 11) is -7.96. The van der Waals surface area contributed by atoms with Gasteiger partial charge in [-0.05, 0) is 19.3 Å². The molecule has 0 saturated heterocycles. The maximum absolute atomic E-state index is 12.5. The molecule has 116 valence electrons. The van der Waals surface area contributed by atoms with E-state index in [4.69, 9.17) is 0 Å². The molecule has 1 rings (SSSR count). The van der Waals surface area contributed by atoms with Crippen molar-refractivity contribution >= 4 is 26.1 Å². The number of rotatable bonds is 7. The predicted octanol–water partition coefficient (Wildman–Crippen LogP) is 1.03. The number of nitrogens with zero attached hydrogens (tertiary/aromatic N) is 1. The Balaban J connectivity index is 3.13. The summed E-state index contributed by atoms with van der Waals surface area (Å²) in [5.41, 5.74) is 0. The SMILES string of the molecule is CCCCS(=O)(=O)C1(NS(=O)(=O)N=C=O)CCCCC1. The van der Waals surface area contributed by atoms with Gasteiger partial charge in [-0.25, -0.2) is 13.2 Å². The Bertz CT molecular complexity index is 570. The lowest BCUT2D eigenvalue weighted by Crippen LogP contribution is -2.55. The van der Waals surface area contributed by atoms with E-state index in [1.54, 1.807) is 0 Å². The molecule has 0 heterocycles. The van der Waals surface area contributed by atoms with Crippen LogP contribution in [0.25, 0.3) is 0 Å². The first kappa shape index (κ1) is 17.3. The molecular weight excluding hydrogens is 304 g/mol. The van der Waals surface area contributed by atoms with Gasteiger partial charge >= 0.3 is 10.2 Å². The summed E-state index contributed by atoms with van der Waals surface area (Å²) >= 11 is 0. The van der Waals surface area contributed by atoms with Gasteiger partial charge in [-0.1, -0.05) is 37.0 Å². The van der Waals surface area contributed by atoms with Gasteiger partial charge in [0.25, 0.3) is 6.08 Å². The number of hydrogen-bond donors (Lipinski definition) is 1. The van der Waals surface area contributed by atoms with Crippen molar-refractivity contribution in [3.63, 3.8) is 0 Å². The van der Waals surface area contributed by atoms with Gasteiger partial charge in [0.05, 0.1) is 5.75 Å². The molecule has 1 aliphatic carbocycles. The van der Waals surface area contributed by atoms with Gasteiger partial charge in [0.15, 0.2) is 9.84 Å². The topological polar surface area (TPSA) is 110 Å². The van der Waals surface area contributed by atoms with Crippen molar-refractivity contribution in [1.82, 2.24) is 4.72 Å².